The van der Waals surface area contributed by atoms with Gasteiger partial charge in [-0.1, -0.05) is 0 Å². The molecule has 0 saturated carbocycles. The predicted octanol–water partition coefficient (Wildman–Crippen LogP) is -1.56. The van der Waals surface area contributed by atoms with Gasteiger partial charge in [-0.2, -0.15) is 0 Å². The van der Waals surface area contributed by atoms with Crippen molar-refractivity contribution in [2.24, 2.45) is 0 Å². The third-order valence-corrected chi connectivity index (χ3v) is 1.85. The molecule has 0 aliphatic heterocycles. The van der Waals surface area contributed by atoms with Gasteiger partial charge in [0.25, 0.3) is 0 Å². The van der Waals surface area contributed by atoms with Crippen LogP contribution in [0.15, 0.2) is 0 Å². The molecule has 0 aromatic rings. The first-order chi connectivity index (χ1) is 4.88. The lowest BCUT2D eigenvalue weighted by Gasteiger charge is -2.31. The molecule has 0 radical (unpaired) electrons. The molecule has 0 aromatic carbocycles. The summed E-state index contributed by atoms with van der Waals surface area (Å²) in [4.78, 5) is 11.3. The maximum atomic E-state index is 10.3. The smallest absolute Gasteiger partial charge is 0.118 e. The van der Waals surface area contributed by atoms with Crippen LogP contribution in [0.4, 0.5) is 0 Å². The molecule has 0 bridgehead atoms. The molecule has 0 aliphatic rings. The van der Waals surface area contributed by atoms with Gasteiger partial charge in [0.1, 0.15) is 6.54 Å². The van der Waals surface area contributed by atoms with Crippen LogP contribution in [0, 0.1) is 0 Å². The molecule has 3 nitrogen and oxygen atoms in total. The number of hydrogen-bond donors (Lipinski definition) is 1. The molecule has 66 valence electrons. The van der Waals surface area contributed by atoms with E-state index in [9.17, 15) is 9.90 Å². The van der Waals surface area contributed by atoms with E-state index in [-0.39, 0.29) is 12.1 Å². The molecule has 0 aliphatic carbocycles. The molecular weight excluding hydrogens is 142 g/mol. The van der Waals surface area contributed by atoms with Crippen molar-refractivity contribution >= 4 is 5.97 Å². The van der Waals surface area contributed by atoms with Crippen molar-refractivity contribution in [2.75, 3.05) is 13.1 Å². The normalized spacial score (nSPS) is 14.5. The fourth-order valence-corrected chi connectivity index (χ4v) is 1.09. The van der Waals surface area contributed by atoms with E-state index in [1.807, 2.05) is 27.7 Å². The summed E-state index contributed by atoms with van der Waals surface area (Å²) in [6, 6.07) is 0. The van der Waals surface area contributed by atoms with E-state index in [1.165, 1.54) is 0 Å². The van der Waals surface area contributed by atoms with Crippen LogP contribution in [-0.2, 0) is 4.79 Å². The average molecular weight is 159 g/mol. The highest BCUT2D eigenvalue weighted by atomic mass is 16.4. The summed E-state index contributed by atoms with van der Waals surface area (Å²) in [6.45, 7) is 8.96. The Morgan fingerprint density at radius 2 is 1.91 bits per heavy atom. The lowest BCUT2D eigenvalue weighted by Crippen LogP contribution is -3.19. The number of rotatable bonds is 3. The van der Waals surface area contributed by atoms with Crippen molar-refractivity contribution in [2.45, 2.75) is 33.2 Å². The molecule has 11 heavy (non-hydrogen) atoms. The number of carboxylic acids is 1. The van der Waals surface area contributed by atoms with E-state index in [0.29, 0.717) is 0 Å². The third kappa shape index (κ3) is 3.98. The quantitative estimate of drug-likeness (QED) is 0.541. The van der Waals surface area contributed by atoms with Crippen molar-refractivity contribution in [1.82, 2.24) is 0 Å². The molecule has 1 atom stereocenters. The number of carbonyl (C=O) groups excluding carboxylic acids is 1. The molecule has 0 aromatic heterocycles. The van der Waals surface area contributed by atoms with Crippen LogP contribution in [0.1, 0.15) is 27.7 Å². The Hall–Kier alpha value is -0.570. The first-order valence-electron chi connectivity index (χ1n) is 3.93. The molecule has 0 rings (SSSR count). The maximum absolute atomic E-state index is 10.3. The van der Waals surface area contributed by atoms with Gasteiger partial charge in [-0.05, 0) is 27.7 Å². The molecule has 1 unspecified atom stereocenters. The topological polar surface area (TPSA) is 44.6 Å². The highest BCUT2D eigenvalue weighted by Crippen LogP contribution is 1.90. The standard InChI is InChI=1S/C8H17NO2/c1-5-9(6-7(10)11)8(2,3)4/h5-6H2,1-4H3,(H,10,11). The molecule has 0 saturated heterocycles. The number of aliphatic carboxylic acids is 1. The zero-order chi connectivity index (χ0) is 9.07. The lowest BCUT2D eigenvalue weighted by molar-refractivity contribution is -0.939. The summed E-state index contributed by atoms with van der Waals surface area (Å²) in [5.74, 6) is -0.975. The zero-order valence-corrected chi connectivity index (χ0v) is 7.73. The van der Waals surface area contributed by atoms with Crippen LogP contribution in [-0.4, -0.2) is 24.6 Å². The van der Waals surface area contributed by atoms with Crippen LogP contribution in [0.2, 0.25) is 0 Å². The molecule has 0 fully saturated rings. The first-order valence-corrected chi connectivity index (χ1v) is 3.93. The van der Waals surface area contributed by atoms with Gasteiger partial charge in [0, 0.05) is 0 Å². The lowest BCUT2D eigenvalue weighted by atomic mass is 10.1. The molecule has 0 spiro atoms. The van der Waals surface area contributed by atoms with Gasteiger partial charge in [0.15, 0.2) is 0 Å². The van der Waals surface area contributed by atoms with Crippen LogP contribution in [0.25, 0.3) is 0 Å². The number of hydrogen-bond acceptors (Lipinski definition) is 2. The Bertz CT molecular complexity index is 138. The Kier molecular flexibility index (Phi) is 3.52. The van der Waals surface area contributed by atoms with E-state index in [0.717, 1.165) is 11.4 Å². The summed E-state index contributed by atoms with van der Waals surface area (Å²) >= 11 is 0. The summed E-state index contributed by atoms with van der Waals surface area (Å²) in [5.41, 5.74) is -0.00514. The minimum atomic E-state index is -0.975. The largest absolute Gasteiger partial charge is 0.544 e. The Balaban J connectivity index is 4.07. The molecule has 0 amide bonds. The van der Waals surface area contributed by atoms with Crippen LogP contribution < -0.4 is 10.0 Å². The van der Waals surface area contributed by atoms with E-state index in [4.69, 9.17) is 0 Å². The molecular formula is C8H17NO2. The number of likely N-dealkylation sites (N-methyl/N-ethyl adjacent to an activating group) is 1. The van der Waals surface area contributed by atoms with Crippen molar-refractivity contribution in [3.05, 3.63) is 0 Å². The second-order valence-electron chi connectivity index (χ2n) is 3.76. The summed E-state index contributed by atoms with van der Waals surface area (Å²) in [5, 5.41) is 10.3. The third-order valence-electron chi connectivity index (χ3n) is 1.85. The Labute approximate surface area is 68.0 Å². The average Bonchev–Trinajstić information content (AvgIpc) is 1.79. The van der Waals surface area contributed by atoms with Crippen LogP contribution >= 0.6 is 0 Å². The van der Waals surface area contributed by atoms with Crippen LogP contribution in [0.5, 0.6) is 0 Å². The maximum Gasteiger partial charge on any atom is 0.118 e. The van der Waals surface area contributed by atoms with E-state index >= 15 is 0 Å². The summed E-state index contributed by atoms with van der Waals surface area (Å²) in [6.07, 6.45) is 0. The minimum absolute atomic E-state index is 0.00514. The van der Waals surface area contributed by atoms with Crippen molar-refractivity contribution < 1.29 is 14.8 Å². The molecule has 0 heterocycles. The predicted molar refractivity (Wildman–Crippen MR) is 41.1 cm³/mol. The molecule has 1 N–H and O–H groups in total. The monoisotopic (exact) mass is 159 g/mol. The van der Waals surface area contributed by atoms with Gasteiger partial charge in [0.2, 0.25) is 0 Å². The van der Waals surface area contributed by atoms with Gasteiger partial charge in [-0.15, -0.1) is 0 Å². The van der Waals surface area contributed by atoms with Gasteiger partial charge in [-0.3, -0.25) is 0 Å². The fourth-order valence-electron chi connectivity index (χ4n) is 1.09. The fraction of sp³-hybridized carbons (Fsp3) is 0.875. The van der Waals surface area contributed by atoms with E-state index in [1.54, 1.807) is 0 Å². The van der Waals surface area contributed by atoms with E-state index < -0.39 is 5.97 Å². The number of carbonyl (C=O) groups is 1. The highest BCUT2D eigenvalue weighted by Gasteiger charge is 2.22. The Morgan fingerprint density at radius 1 is 1.45 bits per heavy atom. The van der Waals surface area contributed by atoms with E-state index in [2.05, 4.69) is 0 Å². The highest BCUT2D eigenvalue weighted by molar-refractivity contribution is 5.65. The molecule has 3 heteroatoms. The number of quaternary nitrogens is 1. The van der Waals surface area contributed by atoms with Crippen molar-refractivity contribution in [1.29, 1.82) is 0 Å². The van der Waals surface area contributed by atoms with Gasteiger partial charge in [0.05, 0.1) is 18.1 Å². The second kappa shape index (κ2) is 3.72. The summed E-state index contributed by atoms with van der Waals surface area (Å²) < 4.78 is 0. The Morgan fingerprint density at radius 3 is 2.00 bits per heavy atom. The number of nitrogens with one attached hydrogen (secondary N) is 1. The van der Waals surface area contributed by atoms with Crippen molar-refractivity contribution in [3.63, 3.8) is 0 Å². The minimum Gasteiger partial charge on any atom is -0.544 e. The first kappa shape index (κ1) is 10.4. The van der Waals surface area contributed by atoms with Gasteiger partial charge < -0.3 is 14.8 Å². The van der Waals surface area contributed by atoms with Crippen molar-refractivity contribution in [3.8, 4) is 0 Å². The van der Waals surface area contributed by atoms with Gasteiger partial charge in [-0.25, -0.2) is 0 Å². The van der Waals surface area contributed by atoms with Gasteiger partial charge >= 0.3 is 0 Å². The zero-order valence-electron chi connectivity index (χ0n) is 7.73. The second-order valence-corrected chi connectivity index (χ2v) is 3.76. The van der Waals surface area contributed by atoms with Crippen LogP contribution in [0.3, 0.4) is 0 Å². The number of carboxylic acid groups (broad SMARTS) is 1. The SMILES string of the molecule is CC[NH+](CC(=O)[O-])C(C)(C)C. The summed E-state index contributed by atoms with van der Waals surface area (Å²) in [7, 11) is 0.